The zero-order valence-electron chi connectivity index (χ0n) is 16.8. The van der Waals surface area contributed by atoms with Crippen LogP contribution in [0.3, 0.4) is 0 Å². The summed E-state index contributed by atoms with van der Waals surface area (Å²) in [5.41, 5.74) is 0.0581. The number of rotatable bonds is 8. The molecule has 1 aliphatic heterocycles. The molecular weight excluding hydrogens is 443 g/mol. The number of sulfonamides is 1. The summed E-state index contributed by atoms with van der Waals surface area (Å²) in [5.74, 6) is -0.671. The molecule has 3 aromatic carbocycles. The molecule has 0 radical (unpaired) electrons. The lowest BCUT2D eigenvalue weighted by atomic mass is 10.1. The van der Waals surface area contributed by atoms with Gasteiger partial charge in [0.1, 0.15) is 18.5 Å². The van der Waals surface area contributed by atoms with Gasteiger partial charge in [0.25, 0.3) is 0 Å². The molecule has 168 valence electrons. The monoisotopic (exact) mass is 463 g/mol. The Kier molecular flexibility index (Phi) is 6.12. The third-order valence-corrected chi connectivity index (χ3v) is 6.47. The largest absolute Gasteiger partial charge is 0.490 e. The van der Waals surface area contributed by atoms with E-state index in [0.717, 1.165) is 18.2 Å². The molecule has 1 aliphatic rings. The first-order valence-electron chi connectivity index (χ1n) is 9.82. The molecule has 0 aliphatic carbocycles. The van der Waals surface area contributed by atoms with Crippen molar-refractivity contribution >= 4 is 21.4 Å². The summed E-state index contributed by atoms with van der Waals surface area (Å²) in [4.78, 5) is 0. The Morgan fingerprint density at radius 3 is 2.00 bits per heavy atom. The fraction of sp³-hybridized carbons (Fsp3) is 0.217. The van der Waals surface area contributed by atoms with Crippen molar-refractivity contribution in [1.29, 1.82) is 0 Å². The van der Waals surface area contributed by atoms with Crippen LogP contribution in [0.25, 0.3) is 0 Å². The quantitative estimate of drug-likeness (QED) is 0.434. The van der Waals surface area contributed by atoms with Crippen molar-refractivity contribution in [2.45, 2.75) is 18.0 Å². The van der Waals surface area contributed by atoms with Gasteiger partial charge in [-0.25, -0.2) is 12.7 Å². The van der Waals surface area contributed by atoms with Gasteiger partial charge in [0, 0.05) is 5.56 Å². The third-order valence-electron chi connectivity index (χ3n) is 4.82. The van der Waals surface area contributed by atoms with Gasteiger partial charge in [-0.15, -0.1) is 0 Å². The highest BCUT2D eigenvalue weighted by molar-refractivity contribution is 7.92. The highest BCUT2D eigenvalue weighted by Gasteiger charge is 2.33. The first-order valence-corrected chi connectivity index (χ1v) is 11.4. The van der Waals surface area contributed by atoms with Gasteiger partial charge >= 0.3 is 6.18 Å². The lowest BCUT2D eigenvalue weighted by molar-refractivity contribution is -0.137. The number of para-hydroxylation sites is 2. The van der Waals surface area contributed by atoms with Gasteiger partial charge in [0.05, 0.1) is 29.3 Å². The van der Waals surface area contributed by atoms with Crippen LogP contribution in [-0.2, 0) is 26.7 Å². The molecule has 3 aromatic rings. The van der Waals surface area contributed by atoms with Crippen LogP contribution < -0.4 is 9.04 Å². The smallest absolute Gasteiger partial charge is 0.416 e. The second kappa shape index (κ2) is 8.84. The predicted molar refractivity (Wildman–Crippen MR) is 114 cm³/mol. The maximum absolute atomic E-state index is 13.5. The van der Waals surface area contributed by atoms with Gasteiger partial charge in [0.2, 0.25) is 10.0 Å². The third kappa shape index (κ3) is 5.23. The number of anilines is 2. The Balaban J connectivity index is 1.71. The van der Waals surface area contributed by atoms with E-state index >= 15 is 0 Å². The van der Waals surface area contributed by atoms with Crippen molar-refractivity contribution in [2.24, 2.45) is 0 Å². The van der Waals surface area contributed by atoms with Crippen LogP contribution in [-0.4, -0.2) is 27.7 Å². The highest BCUT2D eigenvalue weighted by Crippen LogP contribution is 2.36. The molecule has 0 bridgehead atoms. The van der Waals surface area contributed by atoms with Crippen LogP contribution in [0.1, 0.15) is 11.1 Å². The van der Waals surface area contributed by atoms with Gasteiger partial charge < -0.3 is 9.47 Å². The maximum Gasteiger partial charge on any atom is 0.416 e. The first-order chi connectivity index (χ1) is 15.2. The summed E-state index contributed by atoms with van der Waals surface area (Å²) in [6.07, 6.45) is -4.77. The Bertz CT molecular complexity index is 1130. The fourth-order valence-corrected chi connectivity index (χ4v) is 4.84. The number of alkyl halides is 3. The zero-order valence-corrected chi connectivity index (χ0v) is 17.6. The van der Waals surface area contributed by atoms with E-state index in [0.29, 0.717) is 18.0 Å². The summed E-state index contributed by atoms with van der Waals surface area (Å²) in [5, 5.41) is 0. The minimum absolute atomic E-state index is 0.0510. The van der Waals surface area contributed by atoms with E-state index in [9.17, 15) is 21.6 Å². The molecule has 4 rings (SSSR count). The zero-order chi connectivity index (χ0) is 22.8. The minimum Gasteiger partial charge on any atom is -0.490 e. The topological polar surface area (TPSA) is 59.1 Å². The van der Waals surface area contributed by atoms with E-state index in [2.05, 4.69) is 0 Å². The SMILES string of the molecule is O=S(=O)(Cc1ccc(C(F)(F)F)cc1OCC1CO1)N(c1ccccc1)c1ccccc1. The van der Waals surface area contributed by atoms with E-state index in [1.54, 1.807) is 60.7 Å². The van der Waals surface area contributed by atoms with Crippen LogP contribution >= 0.6 is 0 Å². The molecule has 1 heterocycles. The van der Waals surface area contributed by atoms with Crippen LogP contribution in [0, 0.1) is 0 Å². The summed E-state index contributed by atoms with van der Waals surface area (Å²) >= 11 is 0. The molecule has 0 N–H and O–H groups in total. The average Bonchev–Trinajstić information content (AvgIpc) is 3.58. The Hall–Kier alpha value is -3.04. The summed E-state index contributed by atoms with van der Waals surface area (Å²) in [6.45, 7) is 0.512. The van der Waals surface area contributed by atoms with Gasteiger partial charge in [-0.3, -0.25) is 0 Å². The number of hydrogen-bond donors (Lipinski definition) is 0. The van der Waals surface area contributed by atoms with Crippen molar-refractivity contribution in [3.63, 3.8) is 0 Å². The molecule has 0 saturated carbocycles. The number of ether oxygens (including phenoxy) is 2. The van der Waals surface area contributed by atoms with E-state index in [-0.39, 0.29) is 24.0 Å². The minimum atomic E-state index is -4.58. The van der Waals surface area contributed by atoms with Crippen molar-refractivity contribution in [3.05, 3.63) is 90.0 Å². The molecule has 9 heteroatoms. The lowest BCUT2D eigenvalue weighted by Gasteiger charge is -2.25. The van der Waals surface area contributed by atoms with Crippen LogP contribution in [0.4, 0.5) is 24.5 Å². The second-order valence-corrected chi connectivity index (χ2v) is 9.10. The number of benzene rings is 3. The lowest BCUT2D eigenvalue weighted by Crippen LogP contribution is -2.28. The van der Waals surface area contributed by atoms with E-state index in [1.165, 1.54) is 4.31 Å². The summed E-state index contributed by atoms with van der Waals surface area (Å²) < 4.78 is 78.4. The van der Waals surface area contributed by atoms with Crippen molar-refractivity contribution in [1.82, 2.24) is 0 Å². The van der Waals surface area contributed by atoms with Crippen molar-refractivity contribution < 1.29 is 31.1 Å². The Morgan fingerprint density at radius 2 is 1.50 bits per heavy atom. The van der Waals surface area contributed by atoms with Crippen LogP contribution in [0.5, 0.6) is 5.75 Å². The van der Waals surface area contributed by atoms with E-state index in [1.807, 2.05) is 0 Å². The number of halogens is 3. The maximum atomic E-state index is 13.5. The predicted octanol–water partition coefficient (Wildman–Crippen LogP) is 5.15. The Labute approximate surface area is 184 Å². The van der Waals surface area contributed by atoms with E-state index in [4.69, 9.17) is 9.47 Å². The molecule has 1 atom stereocenters. The molecule has 0 spiro atoms. The fourth-order valence-electron chi connectivity index (χ4n) is 3.19. The number of nitrogens with zero attached hydrogens (tertiary/aromatic N) is 1. The van der Waals surface area contributed by atoms with Gasteiger partial charge in [-0.2, -0.15) is 13.2 Å². The highest BCUT2D eigenvalue weighted by atomic mass is 32.2. The molecule has 1 fully saturated rings. The normalized spacial score (nSPS) is 15.9. The standard InChI is InChI=1S/C23H20F3NO4S/c24-23(25,26)18-12-11-17(22(13-18)31-15-21-14-30-21)16-32(28,29)27(19-7-3-1-4-8-19)20-9-5-2-6-10-20/h1-13,21H,14-16H2. The first kappa shape index (κ1) is 22.2. The molecule has 5 nitrogen and oxygen atoms in total. The van der Waals surface area contributed by atoms with Gasteiger partial charge in [-0.05, 0) is 36.4 Å². The Morgan fingerprint density at radius 1 is 0.938 bits per heavy atom. The van der Waals surface area contributed by atoms with E-state index < -0.39 is 27.5 Å². The van der Waals surface area contributed by atoms with Crippen LogP contribution in [0.2, 0.25) is 0 Å². The van der Waals surface area contributed by atoms with Crippen molar-refractivity contribution in [3.8, 4) is 5.75 Å². The summed E-state index contributed by atoms with van der Waals surface area (Å²) in [6, 6.07) is 19.8. The number of hydrogen-bond acceptors (Lipinski definition) is 4. The summed E-state index contributed by atoms with van der Waals surface area (Å²) in [7, 11) is -4.03. The molecular formula is C23H20F3NO4S. The molecule has 32 heavy (non-hydrogen) atoms. The molecule has 0 aromatic heterocycles. The van der Waals surface area contributed by atoms with Gasteiger partial charge in [0.15, 0.2) is 0 Å². The van der Waals surface area contributed by atoms with Gasteiger partial charge in [-0.1, -0.05) is 42.5 Å². The second-order valence-electron chi connectivity index (χ2n) is 7.28. The van der Waals surface area contributed by atoms with Crippen LogP contribution in [0.15, 0.2) is 78.9 Å². The molecule has 0 amide bonds. The number of epoxide rings is 1. The average molecular weight is 463 g/mol. The molecule has 1 saturated heterocycles. The van der Waals surface area contributed by atoms with Crippen molar-refractivity contribution in [2.75, 3.05) is 17.5 Å². The molecule has 1 unspecified atom stereocenters.